The van der Waals surface area contributed by atoms with Gasteiger partial charge in [0.15, 0.2) is 5.16 Å². The summed E-state index contributed by atoms with van der Waals surface area (Å²) in [4.78, 5) is 24.7. The molecule has 1 aromatic carbocycles. The van der Waals surface area contributed by atoms with E-state index < -0.39 is 0 Å². The molecule has 2 unspecified atom stereocenters. The number of aryl methyl sites for hydroxylation is 1. The van der Waals surface area contributed by atoms with Gasteiger partial charge in [0.2, 0.25) is 5.91 Å². The molecule has 1 saturated carbocycles. The molecule has 1 heterocycles. The Kier molecular flexibility index (Phi) is 6.49. The normalized spacial score (nSPS) is 19.5. The monoisotopic (exact) mass is 387 g/mol. The lowest BCUT2D eigenvalue weighted by Gasteiger charge is -2.27. The first-order valence-corrected chi connectivity index (χ1v) is 10.2. The summed E-state index contributed by atoms with van der Waals surface area (Å²) >= 11 is 1.31. The maximum absolute atomic E-state index is 12.5. The van der Waals surface area contributed by atoms with Gasteiger partial charge in [-0.05, 0) is 37.0 Å². The smallest absolute Gasteiger partial charge is 0.251 e. The van der Waals surface area contributed by atoms with Gasteiger partial charge in [-0.2, -0.15) is 0 Å². The fraction of sp³-hybridized carbons (Fsp3) is 0.474. The van der Waals surface area contributed by atoms with Gasteiger partial charge in [-0.3, -0.25) is 9.59 Å². The Labute approximate surface area is 163 Å². The molecule has 7 nitrogen and oxygen atoms in total. The topological polar surface area (TPSA) is 88.9 Å². The summed E-state index contributed by atoms with van der Waals surface area (Å²) in [6.45, 7) is 2.23. The Morgan fingerprint density at radius 3 is 2.93 bits per heavy atom. The van der Waals surface area contributed by atoms with Crippen molar-refractivity contribution in [1.29, 1.82) is 0 Å². The third-order valence-corrected chi connectivity index (χ3v) is 5.72. The molecule has 0 spiro atoms. The number of thioether (sulfide) groups is 1. The number of nitrogens with one attached hydrogen (secondary N) is 2. The largest absolute Gasteiger partial charge is 0.349 e. The summed E-state index contributed by atoms with van der Waals surface area (Å²) in [5.74, 6) is 0.643. The molecule has 3 rings (SSSR count). The maximum Gasteiger partial charge on any atom is 0.251 e. The predicted molar refractivity (Wildman–Crippen MR) is 106 cm³/mol. The first-order valence-electron chi connectivity index (χ1n) is 9.19. The van der Waals surface area contributed by atoms with E-state index in [0.29, 0.717) is 22.3 Å². The number of hydrogen-bond donors (Lipinski definition) is 2. The van der Waals surface area contributed by atoms with E-state index in [9.17, 15) is 9.59 Å². The van der Waals surface area contributed by atoms with Crippen molar-refractivity contribution in [2.45, 2.75) is 43.8 Å². The molecular formula is C19H25N5O2S. The third-order valence-electron chi connectivity index (χ3n) is 4.68. The van der Waals surface area contributed by atoms with Gasteiger partial charge < -0.3 is 15.2 Å². The van der Waals surface area contributed by atoms with Crippen LogP contribution in [0.3, 0.4) is 0 Å². The van der Waals surface area contributed by atoms with Crippen LogP contribution < -0.4 is 10.6 Å². The minimum Gasteiger partial charge on any atom is -0.349 e. The summed E-state index contributed by atoms with van der Waals surface area (Å²) in [7, 11) is 1.83. The first-order chi connectivity index (χ1) is 13.0. The lowest BCUT2D eigenvalue weighted by Crippen LogP contribution is -2.38. The van der Waals surface area contributed by atoms with Crippen molar-refractivity contribution in [2.75, 3.05) is 11.1 Å². The van der Waals surface area contributed by atoms with Crippen LogP contribution in [-0.2, 0) is 11.8 Å². The van der Waals surface area contributed by atoms with Crippen LogP contribution in [0.25, 0.3) is 0 Å². The van der Waals surface area contributed by atoms with Gasteiger partial charge in [0, 0.05) is 24.3 Å². The second-order valence-electron chi connectivity index (χ2n) is 7.08. The van der Waals surface area contributed by atoms with Crippen molar-refractivity contribution >= 4 is 29.3 Å². The first kappa shape index (κ1) is 19.4. The third kappa shape index (κ3) is 5.56. The van der Waals surface area contributed by atoms with Crippen molar-refractivity contribution in [3.05, 3.63) is 36.2 Å². The molecule has 0 saturated heterocycles. The van der Waals surface area contributed by atoms with Crippen LogP contribution in [0.15, 0.2) is 35.7 Å². The molecule has 2 atom stereocenters. The Balaban J connectivity index is 1.54. The molecule has 27 heavy (non-hydrogen) atoms. The number of rotatable bonds is 6. The van der Waals surface area contributed by atoms with E-state index in [1.165, 1.54) is 18.2 Å². The number of amides is 2. The lowest BCUT2D eigenvalue weighted by atomic mass is 9.87. The molecule has 2 amide bonds. The van der Waals surface area contributed by atoms with E-state index in [-0.39, 0.29) is 23.6 Å². The van der Waals surface area contributed by atoms with Gasteiger partial charge in [-0.15, -0.1) is 10.2 Å². The van der Waals surface area contributed by atoms with E-state index >= 15 is 0 Å². The fourth-order valence-corrected chi connectivity index (χ4v) is 3.99. The van der Waals surface area contributed by atoms with Crippen molar-refractivity contribution in [1.82, 2.24) is 20.1 Å². The van der Waals surface area contributed by atoms with E-state index in [1.54, 1.807) is 35.2 Å². The van der Waals surface area contributed by atoms with Gasteiger partial charge >= 0.3 is 0 Å². The average molecular weight is 388 g/mol. The number of aromatic nitrogens is 3. The van der Waals surface area contributed by atoms with Crippen LogP contribution in [0, 0.1) is 5.92 Å². The number of carbonyl (C=O) groups excluding carboxylic acids is 2. The lowest BCUT2D eigenvalue weighted by molar-refractivity contribution is -0.113. The van der Waals surface area contributed by atoms with Gasteiger partial charge in [-0.25, -0.2) is 0 Å². The summed E-state index contributed by atoms with van der Waals surface area (Å²) in [5, 5.41) is 14.4. The number of carbonyl (C=O) groups is 2. The SMILES string of the molecule is CC1CCCC(NC(=O)c2cccc(NC(=O)CSc3nncn3C)c2)C1. The Hall–Kier alpha value is -2.35. The second kappa shape index (κ2) is 9.03. The zero-order valence-corrected chi connectivity index (χ0v) is 16.5. The maximum atomic E-state index is 12.5. The van der Waals surface area contributed by atoms with Crippen molar-refractivity contribution in [3.8, 4) is 0 Å². The van der Waals surface area contributed by atoms with Crippen LogP contribution in [0.1, 0.15) is 43.0 Å². The van der Waals surface area contributed by atoms with Gasteiger partial charge in [0.05, 0.1) is 5.75 Å². The highest BCUT2D eigenvalue weighted by atomic mass is 32.2. The van der Waals surface area contributed by atoms with E-state index in [4.69, 9.17) is 0 Å². The zero-order valence-electron chi connectivity index (χ0n) is 15.6. The van der Waals surface area contributed by atoms with Crippen molar-refractivity contribution < 1.29 is 9.59 Å². The summed E-state index contributed by atoms with van der Waals surface area (Å²) in [6.07, 6.45) is 6.05. The minimum absolute atomic E-state index is 0.0846. The predicted octanol–water partition coefficient (Wildman–Crippen LogP) is 2.85. The van der Waals surface area contributed by atoms with Gasteiger partial charge in [0.1, 0.15) is 6.33 Å². The second-order valence-corrected chi connectivity index (χ2v) is 8.03. The molecular weight excluding hydrogens is 362 g/mol. The average Bonchev–Trinajstić information content (AvgIpc) is 3.05. The fourth-order valence-electron chi connectivity index (χ4n) is 3.30. The van der Waals surface area contributed by atoms with E-state index in [2.05, 4.69) is 27.8 Å². The van der Waals surface area contributed by atoms with Crippen molar-refractivity contribution in [2.24, 2.45) is 13.0 Å². The minimum atomic E-state index is -0.151. The number of anilines is 1. The molecule has 144 valence electrons. The molecule has 1 aliphatic carbocycles. The number of nitrogens with zero attached hydrogens (tertiary/aromatic N) is 3. The summed E-state index contributed by atoms with van der Waals surface area (Å²) < 4.78 is 1.76. The van der Waals surface area contributed by atoms with Crippen LogP contribution in [-0.4, -0.2) is 38.4 Å². The highest BCUT2D eigenvalue weighted by Crippen LogP contribution is 2.24. The van der Waals surface area contributed by atoms with Gasteiger partial charge in [-0.1, -0.05) is 37.6 Å². The van der Waals surface area contributed by atoms with E-state index in [1.807, 2.05) is 7.05 Å². The zero-order chi connectivity index (χ0) is 19.2. The number of hydrogen-bond acceptors (Lipinski definition) is 5. The molecule has 2 N–H and O–H groups in total. The quantitative estimate of drug-likeness (QED) is 0.744. The highest BCUT2D eigenvalue weighted by molar-refractivity contribution is 7.99. The Bertz CT molecular complexity index is 807. The molecule has 8 heteroatoms. The standard InChI is InChI=1S/C19H25N5O2S/c1-13-5-3-7-15(9-13)22-18(26)14-6-4-8-16(10-14)21-17(25)11-27-19-23-20-12-24(19)2/h4,6,8,10,12-13,15H,3,5,7,9,11H2,1-2H3,(H,21,25)(H,22,26). The molecule has 1 fully saturated rings. The van der Waals surface area contributed by atoms with Crippen LogP contribution in [0.4, 0.5) is 5.69 Å². The summed E-state index contributed by atoms with van der Waals surface area (Å²) in [5.41, 5.74) is 1.18. The van der Waals surface area contributed by atoms with Crippen molar-refractivity contribution in [3.63, 3.8) is 0 Å². The molecule has 0 bridgehead atoms. The molecule has 2 aromatic rings. The van der Waals surface area contributed by atoms with Crippen LogP contribution in [0.2, 0.25) is 0 Å². The van der Waals surface area contributed by atoms with Crippen LogP contribution in [0.5, 0.6) is 0 Å². The highest BCUT2D eigenvalue weighted by Gasteiger charge is 2.21. The number of benzene rings is 1. The van der Waals surface area contributed by atoms with E-state index in [0.717, 1.165) is 19.3 Å². The molecule has 0 aliphatic heterocycles. The Morgan fingerprint density at radius 2 is 2.19 bits per heavy atom. The molecule has 1 aromatic heterocycles. The van der Waals surface area contributed by atoms with Crippen LogP contribution >= 0.6 is 11.8 Å². The molecule has 0 radical (unpaired) electrons. The Morgan fingerprint density at radius 1 is 1.33 bits per heavy atom. The van der Waals surface area contributed by atoms with Gasteiger partial charge in [0.25, 0.3) is 5.91 Å². The molecule has 1 aliphatic rings. The summed E-state index contributed by atoms with van der Waals surface area (Å²) in [6, 6.07) is 7.29.